The van der Waals surface area contributed by atoms with Crippen LogP contribution in [0.25, 0.3) is 16.5 Å². The van der Waals surface area contributed by atoms with Gasteiger partial charge in [-0.15, -0.1) is 0 Å². The Kier molecular flexibility index (Phi) is 3.81. The number of anilines is 3. The van der Waals surface area contributed by atoms with Crippen LogP contribution in [0.1, 0.15) is 31.1 Å². The van der Waals surface area contributed by atoms with E-state index < -0.39 is 41.8 Å². The minimum atomic E-state index is -0.806. The van der Waals surface area contributed by atoms with E-state index in [1.807, 2.05) is 6.07 Å². The van der Waals surface area contributed by atoms with Crippen LogP contribution < -0.4 is 22.3 Å². The van der Waals surface area contributed by atoms with Gasteiger partial charge in [-0.25, -0.2) is 0 Å². The van der Waals surface area contributed by atoms with E-state index in [1.165, 1.54) is 6.07 Å². The monoisotopic (exact) mass is 436 g/mol. The zero-order valence-electron chi connectivity index (χ0n) is 21.1. The third-order valence-corrected chi connectivity index (χ3v) is 4.91. The van der Waals surface area contributed by atoms with Crippen LogP contribution >= 0.6 is 11.6 Å². The van der Waals surface area contributed by atoms with E-state index >= 15 is 0 Å². The van der Waals surface area contributed by atoms with E-state index in [4.69, 9.17) is 29.9 Å². The number of nitrogens with zero attached hydrogens (tertiary/aromatic N) is 4. The number of pyridine rings is 1. The lowest BCUT2D eigenvalue weighted by molar-refractivity contribution is 0.773. The maximum Gasteiger partial charge on any atom is 0.264 e. The molecule has 154 valence electrons. The van der Waals surface area contributed by atoms with Crippen LogP contribution in [0.2, 0.25) is 5.02 Å². The molecule has 9 heteroatoms. The number of aromatic nitrogens is 3. The van der Waals surface area contributed by atoms with Crippen molar-refractivity contribution in [3.63, 3.8) is 0 Å². The Hall–Kier alpha value is -4.09. The first kappa shape index (κ1) is 14.8. The standard InChI is InChI=1S/C22H18ClN7O/c1-12(27-20-15(11-24)19(25)28-22(26)29-20)17-10-13-6-5-9-16(23)18(13)21(31)30(17)14-7-3-2-4-8-14/h2-10,12H,1H3,(H5,25,26,27,28,29)/i2D,3D,4D,7D,8D. The van der Waals surface area contributed by atoms with Gasteiger partial charge in [0.15, 0.2) is 5.82 Å². The average molecular weight is 437 g/mol. The van der Waals surface area contributed by atoms with Crippen LogP contribution in [0.15, 0.2) is 59.3 Å². The highest BCUT2D eigenvalue weighted by molar-refractivity contribution is 6.35. The molecule has 31 heavy (non-hydrogen) atoms. The summed E-state index contributed by atoms with van der Waals surface area (Å²) in [6, 6.07) is 4.57. The Bertz CT molecular complexity index is 1640. The smallest absolute Gasteiger partial charge is 0.264 e. The van der Waals surface area contributed by atoms with Crippen molar-refractivity contribution in [3.05, 3.63) is 81.1 Å². The number of halogens is 1. The van der Waals surface area contributed by atoms with Crippen LogP contribution in [0, 0.1) is 11.3 Å². The number of nitrogen functional groups attached to an aromatic ring is 2. The highest BCUT2D eigenvalue weighted by Crippen LogP contribution is 2.28. The Balaban J connectivity index is 2.07. The van der Waals surface area contributed by atoms with Gasteiger partial charge in [0.25, 0.3) is 5.56 Å². The molecule has 1 atom stereocenters. The van der Waals surface area contributed by atoms with Gasteiger partial charge in [-0.1, -0.05) is 41.9 Å². The largest absolute Gasteiger partial charge is 0.382 e. The van der Waals surface area contributed by atoms with Crippen molar-refractivity contribution in [3.8, 4) is 11.8 Å². The van der Waals surface area contributed by atoms with Crippen LogP contribution in [-0.2, 0) is 0 Å². The molecule has 0 aliphatic heterocycles. The molecule has 0 spiro atoms. The first-order valence-electron chi connectivity index (χ1n) is 11.5. The predicted octanol–water partition coefficient (Wildman–Crippen LogP) is 3.64. The van der Waals surface area contributed by atoms with Crippen molar-refractivity contribution >= 4 is 40.0 Å². The van der Waals surface area contributed by atoms with Gasteiger partial charge in [-0.05, 0) is 36.5 Å². The highest BCUT2D eigenvalue weighted by Gasteiger charge is 2.20. The minimum Gasteiger partial charge on any atom is -0.382 e. The van der Waals surface area contributed by atoms with E-state index in [2.05, 4.69) is 15.3 Å². The van der Waals surface area contributed by atoms with Gasteiger partial charge >= 0.3 is 0 Å². The molecule has 0 bridgehead atoms. The molecule has 0 fully saturated rings. The Labute approximate surface area is 189 Å². The van der Waals surface area contributed by atoms with Crippen molar-refractivity contribution < 1.29 is 6.85 Å². The molecular weight excluding hydrogens is 414 g/mol. The Morgan fingerprint density at radius 2 is 2.00 bits per heavy atom. The molecule has 2 aromatic heterocycles. The zero-order valence-corrected chi connectivity index (χ0v) is 16.9. The summed E-state index contributed by atoms with van der Waals surface area (Å²) in [5.41, 5.74) is 10.6. The third-order valence-electron chi connectivity index (χ3n) is 4.60. The van der Waals surface area contributed by atoms with Gasteiger partial charge in [-0.2, -0.15) is 15.2 Å². The molecule has 0 saturated heterocycles. The van der Waals surface area contributed by atoms with Crippen molar-refractivity contribution in [2.24, 2.45) is 0 Å². The van der Waals surface area contributed by atoms with Crippen molar-refractivity contribution in [2.75, 3.05) is 16.8 Å². The maximum atomic E-state index is 13.8. The van der Waals surface area contributed by atoms with Gasteiger partial charge in [0, 0.05) is 11.4 Å². The molecule has 0 amide bonds. The van der Waals surface area contributed by atoms with E-state index in [0.29, 0.717) is 5.39 Å². The summed E-state index contributed by atoms with van der Waals surface area (Å²) < 4.78 is 41.9. The fourth-order valence-electron chi connectivity index (χ4n) is 3.23. The van der Waals surface area contributed by atoms with Crippen molar-refractivity contribution in [1.82, 2.24) is 14.5 Å². The number of hydrogen-bond acceptors (Lipinski definition) is 7. The second-order valence-electron chi connectivity index (χ2n) is 6.56. The number of hydrogen-bond donors (Lipinski definition) is 3. The fraction of sp³-hybridized carbons (Fsp3) is 0.0909. The quantitative estimate of drug-likeness (QED) is 0.444. The molecule has 4 rings (SSSR count). The zero-order chi connectivity index (χ0) is 26.5. The number of fused-ring (bicyclic) bond motifs is 1. The molecular formula is C22H18ClN7O. The van der Waals surface area contributed by atoms with Crippen molar-refractivity contribution in [2.45, 2.75) is 13.0 Å². The topological polar surface area (TPSA) is 136 Å². The molecule has 4 aromatic rings. The van der Waals surface area contributed by atoms with Gasteiger partial charge in [0.2, 0.25) is 5.95 Å². The van der Waals surface area contributed by atoms with Crippen LogP contribution in [0.5, 0.6) is 0 Å². The van der Waals surface area contributed by atoms with Crippen LogP contribution in [-0.4, -0.2) is 14.5 Å². The van der Waals surface area contributed by atoms with Crippen LogP contribution in [0.3, 0.4) is 0 Å². The van der Waals surface area contributed by atoms with Crippen molar-refractivity contribution in [1.29, 1.82) is 5.26 Å². The summed E-state index contributed by atoms with van der Waals surface area (Å²) in [5.74, 6) is -0.330. The third kappa shape index (κ3) is 3.63. The molecule has 5 N–H and O–H groups in total. The molecule has 2 aromatic carbocycles. The molecule has 8 nitrogen and oxygen atoms in total. The first-order chi connectivity index (χ1) is 17.0. The second-order valence-corrected chi connectivity index (χ2v) is 6.96. The van der Waals surface area contributed by atoms with E-state index in [1.54, 1.807) is 25.1 Å². The second kappa shape index (κ2) is 7.97. The maximum absolute atomic E-state index is 13.8. The van der Waals surface area contributed by atoms with Gasteiger partial charge in [-0.3, -0.25) is 9.36 Å². The molecule has 2 heterocycles. The molecule has 0 aliphatic rings. The van der Waals surface area contributed by atoms with Gasteiger partial charge < -0.3 is 16.8 Å². The predicted molar refractivity (Wildman–Crippen MR) is 122 cm³/mol. The average Bonchev–Trinajstić information content (AvgIpc) is 2.82. The molecule has 0 aliphatic carbocycles. The molecule has 0 saturated carbocycles. The summed E-state index contributed by atoms with van der Waals surface area (Å²) >= 11 is 6.32. The SMILES string of the molecule is [2H]c1c([2H])c([2H])c(-n2c(C(C)Nc3nc(N)nc(N)c3C#N)cc3cccc(Cl)c3c2=O)c([2H])c1[2H]. The summed E-state index contributed by atoms with van der Waals surface area (Å²) in [7, 11) is 0. The summed E-state index contributed by atoms with van der Waals surface area (Å²) in [6.45, 7) is 1.63. The molecule has 0 radical (unpaired) electrons. The van der Waals surface area contributed by atoms with E-state index in [0.717, 1.165) is 4.57 Å². The summed E-state index contributed by atoms with van der Waals surface area (Å²) in [4.78, 5) is 21.6. The number of benzene rings is 2. The highest BCUT2D eigenvalue weighted by atomic mass is 35.5. The fourth-order valence-corrected chi connectivity index (χ4v) is 3.50. The van der Waals surface area contributed by atoms with Crippen LogP contribution in [0.4, 0.5) is 17.6 Å². The first-order valence-corrected chi connectivity index (χ1v) is 9.36. The lowest BCUT2D eigenvalue weighted by Gasteiger charge is -2.22. The number of rotatable bonds is 4. The normalized spacial score (nSPS) is 14.0. The lowest BCUT2D eigenvalue weighted by atomic mass is 10.1. The van der Waals surface area contributed by atoms with E-state index in [9.17, 15) is 10.1 Å². The lowest BCUT2D eigenvalue weighted by Crippen LogP contribution is -2.26. The number of nitrogens with one attached hydrogen (secondary N) is 1. The summed E-state index contributed by atoms with van der Waals surface area (Å²) in [6.07, 6.45) is 0. The number of nitriles is 1. The summed E-state index contributed by atoms with van der Waals surface area (Å²) in [5, 5.41) is 13.2. The van der Waals surface area contributed by atoms with E-state index in [-0.39, 0.29) is 44.9 Å². The van der Waals surface area contributed by atoms with Gasteiger partial charge in [0.05, 0.1) is 23.3 Å². The van der Waals surface area contributed by atoms with Gasteiger partial charge in [0.1, 0.15) is 17.5 Å². The number of nitrogens with two attached hydrogens (primary N) is 2. The Morgan fingerprint density at radius 3 is 2.71 bits per heavy atom. The molecule has 1 unspecified atom stereocenters. The number of para-hydroxylation sites is 1. The minimum absolute atomic E-state index is 0.00116. The Morgan fingerprint density at radius 1 is 1.26 bits per heavy atom.